The fraction of sp³-hybridized carbons (Fsp3) is 0.462. The van der Waals surface area contributed by atoms with Gasteiger partial charge in [0.15, 0.2) is 0 Å². The smallest absolute Gasteiger partial charge is 0.0671 e. The molecule has 0 amide bonds. The molecule has 3 heteroatoms. The van der Waals surface area contributed by atoms with E-state index >= 15 is 0 Å². The zero-order valence-corrected chi connectivity index (χ0v) is 11.6. The molecule has 1 unspecified atom stereocenters. The Morgan fingerprint density at radius 2 is 2.19 bits per heavy atom. The van der Waals surface area contributed by atoms with Gasteiger partial charge in [0, 0.05) is 24.6 Å². The van der Waals surface area contributed by atoms with Crippen LogP contribution in [0.3, 0.4) is 0 Å². The first-order valence-corrected chi connectivity index (χ1v) is 6.47. The molecule has 1 atom stereocenters. The van der Waals surface area contributed by atoms with Gasteiger partial charge in [0.05, 0.1) is 12.0 Å². The van der Waals surface area contributed by atoms with Crippen molar-refractivity contribution in [1.29, 1.82) is 5.26 Å². The lowest BCUT2D eigenvalue weighted by molar-refractivity contribution is 0.715. The SMILES string of the molecule is Cc1cc(CBr)ccc1N(C)CC(C)C#N. The van der Waals surface area contributed by atoms with E-state index in [2.05, 4.69) is 52.0 Å². The summed E-state index contributed by atoms with van der Waals surface area (Å²) in [6.07, 6.45) is 0. The predicted molar refractivity (Wildman–Crippen MR) is 71.9 cm³/mol. The van der Waals surface area contributed by atoms with Gasteiger partial charge < -0.3 is 4.90 Å². The highest BCUT2D eigenvalue weighted by Crippen LogP contribution is 2.22. The van der Waals surface area contributed by atoms with Gasteiger partial charge in [-0.05, 0) is 31.0 Å². The van der Waals surface area contributed by atoms with Crippen LogP contribution in [-0.4, -0.2) is 13.6 Å². The average molecular weight is 281 g/mol. The van der Waals surface area contributed by atoms with Crippen molar-refractivity contribution in [2.24, 2.45) is 5.92 Å². The minimum atomic E-state index is 0.0558. The van der Waals surface area contributed by atoms with Crippen LogP contribution in [0.2, 0.25) is 0 Å². The number of halogens is 1. The summed E-state index contributed by atoms with van der Waals surface area (Å²) in [5.41, 5.74) is 3.74. The van der Waals surface area contributed by atoms with Gasteiger partial charge in [-0.25, -0.2) is 0 Å². The zero-order valence-electron chi connectivity index (χ0n) is 10.00. The Labute approximate surface area is 106 Å². The van der Waals surface area contributed by atoms with Crippen LogP contribution in [0.5, 0.6) is 0 Å². The van der Waals surface area contributed by atoms with E-state index in [0.29, 0.717) is 0 Å². The standard InChI is InChI=1S/C13H17BrN2/c1-10(8-15)9-16(3)13-5-4-12(7-14)6-11(13)2/h4-6,10H,7,9H2,1-3H3. The van der Waals surface area contributed by atoms with E-state index in [1.54, 1.807) is 0 Å². The lowest BCUT2D eigenvalue weighted by Gasteiger charge is -2.22. The Morgan fingerprint density at radius 1 is 1.50 bits per heavy atom. The molecule has 0 bridgehead atoms. The summed E-state index contributed by atoms with van der Waals surface area (Å²) in [5.74, 6) is 0.0558. The van der Waals surface area contributed by atoms with Crippen molar-refractivity contribution < 1.29 is 0 Å². The number of aryl methyl sites for hydroxylation is 1. The fourth-order valence-corrected chi connectivity index (χ4v) is 2.13. The van der Waals surface area contributed by atoms with Crippen LogP contribution in [0.1, 0.15) is 18.1 Å². The number of hydrogen-bond donors (Lipinski definition) is 0. The lowest BCUT2D eigenvalue weighted by atomic mass is 10.1. The average Bonchev–Trinajstić information content (AvgIpc) is 2.28. The van der Waals surface area contributed by atoms with Gasteiger partial charge in [-0.2, -0.15) is 5.26 Å². The van der Waals surface area contributed by atoms with E-state index in [9.17, 15) is 0 Å². The molecule has 2 nitrogen and oxygen atoms in total. The number of nitriles is 1. The van der Waals surface area contributed by atoms with Crippen molar-refractivity contribution >= 4 is 21.6 Å². The Morgan fingerprint density at radius 3 is 2.69 bits per heavy atom. The maximum atomic E-state index is 8.80. The Balaban J connectivity index is 2.84. The molecule has 0 radical (unpaired) electrons. The van der Waals surface area contributed by atoms with Crippen molar-refractivity contribution in [1.82, 2.24) is 0 Å². The monoisotopic (exact) mass is 280 g/mol. The first kappa shape index (κ1) is 13.1. The minimum Gasteiger partial charge on any atom is -0.373 e. The highest BCUT2D eigenvalue weighted by molar-refractivity contribution is 9.08. The fourth-order valence-electron chi connectivity index (χ4n) is 1.78. The number of hydrogen-bond acceptors (Lipinski definition) is 2. The van der Waals surface area contributed by atoms with E-state index in [-0.39, 0.29) is 5.92 Å². The molecule has 86 valence electrons. The van der Waals surface area contributed by atoms with Gasteiger partial charge in [0.25, 0.3) is 0 Å². The topological polar surface area (TPSA) is 27.0 Å². The van der Waals surface area contributed by atoms with Crippen molar-refractivity contribution in [3.63, 3.8) is 0 Å². The van der Waals surface area contributed by atoms with Crippen LogP contribution in [0.25, 0.3) is 0 Å². The number of alkyl halides is 1. The molecule has 1 aromatic rings. The van der Waals surface area contributed by atoms with Crippen LogP contribution in [-0.2, 0) is 5.33 Å². The molecule has 0 N–H and O–H groups in total. The molecule has 16 heavy (non-hydrogen) atoms. The molecule has 0 saturated heterocycles. The lowest BCUT2D eigenvalue weighted by Crippen LogP contribution is -2.23. The summed E-state index contributed by atoms with van der Waals surface area (Å²) >= 11 is 3.45. The highest BCUT2D eigenvalue weighted by atomic mass is 79.9. The Bertz CT molecular complexity index is 395. The minimum absolute atomic E-state index is 0.0558. The van der Waals surface area contributed by atoms with Crippen LogP contribution in [0.15, 0.2) is 18.2 Å². The molecular weight excluding hydrogens is 264 g/mol. The van der Waals surface area contributed by atoms with Crippen LogP contribution >= 0.6 is 15.9 Å². The van der Waals surface area contributed by atoms with E-state index in [4.69, 9.17) is 5.26 Å². The molecule has 0 aromatic heterocycles. The largest absolute Gasteiger partial charge is 0.373 e. The number of benzene rings is 1. The predicted octanol–water partition coefficient (Wildman–Crippen LogP) is 3.49. The number of rotatable bonds is 4. The maximum absolute atomic E-state index is 8.80. The summed E-state index contributed by atoms with van der Waals surface area (Å²) in [7, 11) is 2.03. The van der Waals surface area contributed by atoms with Gasteiger partial charge >= 0.3 is 0 Å². The van der Waals surface area contributed by atoms with Gasteiger partial charge in [0.2, 0.25) is 0 Å². The molecule has 0 aliphatic rings. The highest BCUT2D eigenvalue weighted by Gasteiger charge is 2.08. The zero-order chi connectivity index (χ0) is 12.1. The molecule has 0 fully saturated rings. The third-order valence-corrected chi connectivity index (χ3v) is 3.24. The molecule has 0 aliphatic carbocycles. The number of anilines is 1. The van der Waals surface area contributed by atoms with Crippen molar-refractivity contribution in [2.45, 2.75) is 19.2 Å². The normalized spacial score (nSPS) is 11.9. The Kier molecular flexibility index (Phi) is 4.82. The summed E-state index contributed by atoms with van der Waals surface area (Å²) in [5, 5.41) is 9.68. The summed E-state index contributed by atoms with van der Waals surface area (Å²) in [6.45, 7) is 4.82. The van der Waals surface area contributed by atoms with Gasteiger partial charge in [0.1, 0.15) is 0 Å². The molecular formula is C13H17BrN2. The molecule has 1 rings (SSSR count). The summed E-state index contributed by atoms with van der Waals surface area (Å²) in [6, 6.07) is 8.67. The molecule has 1 aromatic carbocycles. The molecule has 0 heterocycles. The van der Waals surface area contributed by atoms with E-state index in [0.717, 1.165) is 11.9 Å². The Hall–Kier alpha value is -1.01. The van der Waals surface area contributed by atoms with E-state index < -0.39 is 0 Å². The second-order valence-electron chi connectivity index (χ2n) is 4.17. The third kappa shape index (κ3) is 3.24. The van der Waals surface area contributed by atoms with Crippen molar-refractivity contribution in [3.05, 3.63) is 29.3 Å². The van der Waals surface area contributed by atoms with Crippen LogP contribution < -0.4 is 4.90 Å². The summed E-state index contributed by atoms with van der Waals surface area (Å²) in [4.78, 5) is 2.14. The van der Waals surface area contributed by atoms with E-state index in [1.165, 1.54) is 16.8 Å². The quantitative estimate of drug-likeness (QED) is 0.790. The summed E-state index contributed by atoms with van der Waals surface area (Å²) < 4.78 is 0. The van der Waals surface area contributed by atoms with Gasteiger partial charge in [-0.15, -0.1) is 0 Å². The third-order valence-electron chi connectivity index (χ3n) is 2.59. The molecule has 0 aliphatic heterocycles. The first-order valence-electron chi connectivity index (χ1n) is 5.34. The second-order valence-corrected chi connectivity index (χ2v) is 4.73. The maximum Gasteiger partial charge on any atom is 0.0671 e. The van der Waals surface area contributed by atoms with Crippen molar-refractivity contribution in [2.75, 3.05) is 18.5 Å². The molecule has 0 saturated carbocycles. The van der Waals surface area contributed by atoms with Crippen LogP contribution in [0, 0.1) is 24.2 Å². The van der Waals surface area contributed by atoms with Gasteiger partial charge in [-0.3, -0.25) is 0 Å². The first-order chi connectivity index (χ1) is 7.58. The number of nitrogens with zero attached hydrogens (tertiary/aromatic N) is 2. The second kappa shape index (κ2) is 5.91. The molecule has 0 spiro atoms. The van der Waals surface area contributed by atoms with Crippen LogP contribution in [0.4, 0.5) is 5.69 Å². The van der Waals surface area contributed by atoms with Crippen molar-refractivity contribution in [3.8, 4) is 6.07 Å². The van der Waals surface area contributed by atoms with Gasteiger partial charge in [-0.1, -0.05) is 28.1 Å². The van der Waals surface area contributed by atoms with E-state index in [1.807, 2.05) is 14.0 Å².